The van der Waals surface area contributed by atoms with Crippen LogP contribution in [0.15, 0.2) is 5.51 Å². The van der Waals surface area contributed by atoms with Crippen LogP contribution in [0.25, 0.3) is 0 Å². The number of aromatic nitrogens is 1. The molecule has 3 heterocycles. The van der Waals surface area contributed by atoms with Crippen molar-refractivity contribution in [2.75, 3.05) is 39.4 Å². The van der Waals surface area contributed by atoms with Gasteiger partial charge in [0, 0.05) is 44.0 Å². The maximum absolute atomic E-state index is 12.0. The van der Waals surface area contributed by atoms with Gasteiger partial charge in [-0.25, -0.2) is 4.98 Å². The number of rotatable bonds is 6. The van der Waals surface area contributed by atoms with E-state index in [9.17, 15) is 4.79 Å². The second kappa shape index (κ2) is 7.56. The second-order valence-electron chi connectivity index (χ2n) is 8.58. The molecule has 0 aromatic carbocycles. The average Bonchev–Trinajstić information content (AvgIpc) is 3.26. The molecule has 2 aliphatic heterocycles. The number of carbonyl (C=O) groups is 1. The van der Waals surface area contributed by atoms with Gasteiger partial charge in [0.2, 0.25) is 5.91 Å². The number of hydrogen-bond acceptors (Lipinski definition) is 5. The zero-order chi connectivity index (χ0) is 18.1. The third kappa shape index (κ3) is 3.97. The first-order valence-corrected chi connectivity index (χ1v) is 10.9. The summed E-state index contributed by atoms with van der Waals surface area (Å²) in [6.45, 7) is 10.6. The summed E-state index contributed by atoms with van der Waals surface area (Å²) in [6, 6.07) is 0. The molecule has 1 saturated carbocycles. The number of likely N-dealkylation sites (tertiary alicyclic amines) is 2. The molecule has 1 aliphatic carbocycles. The Hall–Kier alpha value is -0.980. The Bertz CT molecular complexity index is 635. The standard InChI is InChI=1S/C20H31N3O2S/c1-15-19(26-14-21-15)10-22-7-5-20(6-8-22)13-23(16(2)24)9-18(20)12-25-11-17-3-4-17/h14,17-18H,3-13H2,1-2H3/t18-/m0/s1. The monoisotopic (exact) mass is 377 g/mol. The molecule has 5 nitrogen and oxygen atoms in total. The second-order valence-corrected chi connectivity index (χ2v) is 9.52. The quantitative estimate of drug-likeness (QED) is 0.765. The Labute approximate surface area is 160 Å². The molecule has 1 amide bonds. The Kier molecular flexibility index (Phi) is 5.35. The number of amides is 1. The van der Waals surface area contributed by atoms with E-state index in [2.05, 4.69) is 21.7 Å². The molecule has 1 aromatic heterocycles. The Balaban J connectivity index is 1.36. The number of hydrogen-bond donors (Lipinski definition) is 0. The highest BCUT2D eigenvalue weighted by atomic mass is 32.1. The van der Waals surface area contributed by atoms with Gasteiger partial charge in [-0.2, -0.15) is 0 Å². The molecule has 144 valence electrons. The summed E-state index contributed by atoms with van der Waals surface area (Å²) in [4.78, 5) is 22.4. The number of ether oxygens (including phenoxy) is 1. The minimum Gasteiger partial charge on any atom is -0.381 e. The number of nitrogens with zero attached hydrogens (tertiary/aromatic N) is 3. The van der Waals surface area contributed by atoms with E-state index in [0.717, 1.165) is 51.9 Å². The minimum absolute atomic E-state index is 0.219. The van der Waals surface area contributed by atoms with Crippen molar-refractivity contribution < 1.29 is 9.53 Å². The van der Waals surface area contributed by atoms with Crippen LogP contribution in [0.3, 0.4) is 0 Å². The molecular formula is C20H31N3O2S. The first kappa shape index (κ1) is 18.4. The Morgan fingerprint density at radius 3 is 2.73 bits per heavy atom. The van der Waals surface area contributed by atoms with Crippen molar-refractivity contribution in [1.29, 1.82) is 0 Å². The highest BCUT2D eigenvalue weighted by Gasteiger charge is 2.48. The summed E-state index contributed by atoms with van der Waals surface area (Å²) in [5, 5.41) is 0. The predicted molar refractivity (Wildman–Crippen MR) is 103 cm³/mol. The van der Waals surface area contributed by atoms with Gasteiger partial charge in [-0.3, -0.25) is 9.69 Å². The van der Waals surface area contributed by atoms with Crippen molar-refractivity contribution in [1.82, 2.24) is 14.8 Å². The zero-order valence-corrected chi connectivity index (χ0v) is 16.9. The predicted octanol–water partition coefficient (Wildman–Crippen LogP) is 2.94. The van der Waals surface area contributed by atoms with Crippen LogP contribution >= 0.6 is 11.3 Å². The summed E-state index contributed by atoms with van der Waals surface area (Å²) in [7, 11) is 0. The van der Waals surface area contributed by atoms with Crippen LogP contribution in [0.1, 0.15) is 43.2 Å². The summed E-state index contributed by atoms with van der Waals surface area (Å²) < 4.78 is 6.07. The summed E-state index contributed by atoms with van der Waals surface area (Å²) in [6.07, 6.45) is 5.01. The van der Waals surface area contributed by atoms with Gasteiger partial charge in [-0.15, -0.1) is 11.3 Å². The first-order chi connectivity index (χ1) is 12.6. The molecule has 3 fully saturated rings. The molecule has 1 atom stereocenters. The van der Waals surface area contributed by atoms with E-state index in [0.29, 0.717) is 5.92 Å². The van der Waals surface area contributed by atoms with Crippen LogP contribution in [0.5, 0.6) is 0 Å². The maximum atomic E-state index is 12.0. The molecule has 0 N–H and O–H groups in total. The lowest BCUT2D eigenvalue weighted by molar-refractivity contribution is -0.128. The van der Waals surface area contributed by atoms with Crippen molar-refractivity contribution in [3.05, 3.63) is 16.1 Å². The fraction of sp³-hybridized carbons (Fsp3) is 0.800. The van der Waals surface area contributed by atoms with E-state index in [1.807, 2.05) is 5.51 Å². The summed E-state index contributed by atoms with van der Waals surface area (Å²) in [5.41, 5.74) is 3.38. The van der Waals surface area contributed by atoms with Crippen LogP contribution in [-0.2, 0) is 16.1 Å². The van der Waals surface area contributed by atoms with Crippen LogP contribution < -0.4 is 0 Å². The van der Waals surface area contributed by atoms with E-state index in [4.69, 9.17) is 4.74 Å². The largest absolute Gasteiger partial charge is 0.381 e. The van der Waals surface area contributed by atoms with E-state index in [1.54, 1.807) is 18.3 Å². The topological polar surface area (TPSA) is 45.7 Å². The smallest absolute Gasteiger partial charge is 0.219 e. The number of thiazole rings is 1. The van der Waals surface area contributed by atoms with Gasteiger partial charge in [0.1, 0.15) is 0 Å². The van der Waals surface area contributed by atoms with E-state index in [1.165, 1.54) is 36.3 Å². The lowest BCUT2D eigenvalue weighted by Crippen LogP contribution is -2.45. The van der Waals surface area contributed by atoms with Gasteiger partial charge in [0.15, 0.2) is 0 Å². The van der Waals surface area contributed by atoms with Crippen LogP contribution in [0.2, 0.25) is 0 Å². The third-order valence-corrected chi connectivity index (χ3v) is 7.61. The van der Waals surface area contributed by atoms with Crippen LogP contribution in [0.4, 0.5) is 0 Å². The highest BCUT2D eigenvalue weighted by molar-refractivity contribution is 7.09. The summed E-state index contributed by atoms with van der Waals surface area (Å²) >= 11 is 1.77. The van der Waals surface area contributed by atoms with Gasteiger partial charge in [-0.05, 0) is 57.0 Å². The Morgan fingerprint density at radius 2 is 2.12 bits per heavy atom. The minimum atomic E-state index is 0.219. The van der Waals surface area contributed by atoms with Gasteiger partial charge in [0.05, 0.1) is 17.8 Å². The molecular weight excluding hydrogens is 346 g/mol. The van der Waals surface area contributed by atoms with Crippen molar-refractivity contribution in [2.45, 2.75) is 46.1 Å². The van der Waals surface area contributed by atoms with Gasteiger partial charge in [0.25, 0.3) is 0 Å². The zero-order valence-electron chi connectivity index (χ0n) is 16.1. The van der Waals surface area contributed by atoms with E-state index < -0.39 is 0 Å². The fourth-order valence-corrected chi connectivity index (χ4v) is 5.39. The fourth-order valence-electron chi connectivity index (χ4n) is 4.57. The molecule has 26 heavy (non-hydrogen) atoms. The molecule has 0 radical (unpaired) electrons. The number of carbonyl (C=O) groups excluding carboxylic acids is 1. The van der Waals surface area contributed by atoms with Crippen LogP contribution in [0, 0.1) is 24.2 Å². The summed E-state index contributed by atoms with van der Waals surface area (Å²) in [5.74, 6) is 1.52. The highest BCUT2D eigenvalue weighted by Crippen LogP contribution is 2.45. The van der Waals surface area contributed by atoms with Crippen molar-refractivity contribution in [2.24, 2.45) is 17.3 Å². The van der Waals surface area contributed by atoms with Gasteiger partial charge >= 0.3 is 0 Å². The van der Waals surface area contributed by atoms with Crippen LogP contribution in [-0.4, -0.2) is 60.1 Å². The lowest BCUT2D eigenvalue weighted by atomic mass is 9.71. The molecule has 4 rings (SSSR count). The number of aryl methyl sites for hydroxylation is 1. The molecule has 0 unspecified atom stereocenters. The van der Waals surface area contributed by atoms with Crippen molar-refractivity contribution in [3.63, 3.8) is 0 Å². The first-order valence-electron chi connectivity index (χ1n) is 10.0. The molecule has 1 spiro atoms. The average molecular weight is 378 g/mol. The number of piperidine rings is 1. The van der Waals surface area contributed by atoms with E-state index in [-0.39, 0.29) is 11.3 Å². The molecule has 3 aliphatic rings. The maximum Gasteiger partial charge on any atom is 0.219 e. The van der Waals surface area contributed by atoms with Crippen molar-refractivity contribution >= 4 is 17.2 Å². The normalized spacial score (nSPS) is 25.9. The molecule has 6 heteroatoms. The van der Waals surface area contributed by atoms with E-state index >= 15 is 0 Å². The Morgan fingerprint density at radius 1 is 1.35 bits per heavy atom. The molecule has 2 saturated heterocycles. The van der Waals surface area contributed by atoms with Gasteiger partial charge in [-0.1, -0.05) is 0 Å². The lowest BCUT2D eigenvalue weighted by Gasteiger charge is -2.42. The van der Waals surface area contributed by atoms with Gasteiger partial charge < -0.3 is 9.64 Å². The third-order valence-electron chi connectivity index (χ3n) is 6.69. The molecule has 0 bridgehead atoms. The SMILES string of the molecule is CC(=O)N1C[C@@H](COCC2CC2)C2(CCN(Cc3scnc3C)CC2)C1. The van der Waals surface area contributed by atoms with Crippen molar-refractivity contribution in [3.8, 4) is 0 Å². The molecule has 1 aromatic rings.